The van der Waals surface area contributed by atoms with Crippen LogP contribution in [0.2, 0.25) is 0 Å². The molecule has 1 unspecified atom stereocenters. The molecule has 1 aliphatic rings. The number of likely N-dealkylation sites (tertiary alicyclic amines) is 1. The highest BCUT2D eigenvalue weighted by molar-refractivity contribution is 5.29. The Bertz CT molecular complexity index is 387. The standard InChI is InChI=1S/C16H26N2/c1-13-7-8-15(10-14(13)2)12-18-9-5-3-4-6-16(18)11-17/h7-8,10,16H,3-6,9,11-12,17H2,1-2H3. The highest BCUT2D eigenvalue weighted by atomic mass is 15.2. The van der Waals surface area contributed by atoms with Crippen molar-refractivity contribution in [3.8, 4) is 0 Å². The van der Waals surface area contributed by atoms with Crippen molar-refractivity contribution in [2.45, 2.75) is 52.1 Å². The quantitative estimate of drug-likeness (QED) is 0.888. The lowest BCUT2D eigenvalue weighted by atomic mass is 10.0. The minimum atomic E-state index is 0.578. The Morgan fingerprint density at radius 1 is 1.17 bits per heavy atom. The van der Waals surface area contributed by atoms with Gasteiger partial charge in [-0.25, -0.2) is 0 Å². The molecule has 1 aromatic rings. The Labute approximate surface area is 111 Å². The summed E-state index contributed by atoms with van der Waals surface area (Å²) in [5.41, 5.74) is 10.1. The van der Waals surface area contributed by atoms with Crippen molar-refractivity contribution < 1.29 is 0 Å². The molecular weight excluding hydrogens is 220 g/mol. The average Bonchev–Trinajstić information content (AvgIpc) is 2.59. The van der Waals surface area contributed by atoms with E-state index in [1.54, 1.807) is 0 Å². The minimum Gasteiger partial charge on any atom is -0.329 e. The fraction of sp³-hybridized carbons (Fsp3) is 0.625. The lowest BCUT2D eigenvalue weighted by molar-refractivity contribution is 0.196. The average molecular weight is 246 g/mol. The van der Waals surface area contributed by atoms with E-state index >= 15 is 0 Å². The van der Waals surface area contributed by atoms with Crippen molar-refractivity contribution in [1.82, 2.24) is 4.90 Å². The number of hydrogen-bond acceptors (Lipinski definition) is 2. The maximum Gasteiger partial charge on any atom is 0.0237 e. The second kappa shape index (κ2) is 6.35. The molecule has 2 N–H and O–H groups in total. The van der Waals surface area contributed by atoms with Crippen LogP contribution < -0.4 is 5.73 Å². The number of nitrogens with zero attached hydrogens (tertiary/aromatic N) is 1. The zero-order valence-electron chi connectivity index (χ0n) is 11.8. The highest BCUT2D eigenvalue weighted by Gasteiger charge is 2.19. The van der Waals surface area contributed by atoms with Gasteiger partial charge in [0.15, 0.2) is 0 Å². The van der Waals surface area contributed by atoms with Crippen molar-refractivity contribution in [2.75, 3.05) is 13.1 Å². The van der Waals surface area contributed by atoms with Gasteiger partial charge in [-0.15, -0.1) is 0 Å². The summed E-state index contributed by atoms with van der Waals surface area (Å²) in [6.07, 6.45) is 5.29. The zero-order valence-corrected chi connectivity index (χ0v) is 11.8. The largest absolute Gasteiger partial charge is 0.329 e. The first-order chi connectivity index (χ1) is 8.70. The molecule has 0 amide bonds. The van der Waals surface area contributed by atoms with Crippen LogP contribution in [0.15, 0.2) is 18.2 Å². The molecule has 0 bridgehead atoms. The van der Waals surface area contributed by atoms with Gasteiger partial charge in [-0.1, -0.05) is 31.0 Å². The van der Waals surface area contributed by atoms with Gasteiger partial charge in [0.05, 0.1) is 0 Å². The van der Waals surface area contributed by atoms with Gasteiger partial charge in [-0.05, 0) is 49.9 Å². The molecule has 0 aliphatic carbocycles. The summed E-state index contributed by atoms with van der Waals surface area (Å²) in [5, 5.41) is 0. The first-order valence-electron chi connectivity index (χ1n) is 7.21. The van der Waals surface area contributed by atoms with E-state index in [0.29, 0.717) is 6.04 Å². The first kappa shape index (κ1) is 13.6. The molecule has 1 aromatic carbocycles. The summed E-state index contributed by atoms with van der Waals surface area (Å²) in [6.45, 7) is 7.43. The molecule has 2 heteroatoms. The third-order valence-electron chi connectivity index (χ3n) is 4.23. The van der Waals surface area contributed by atoms with Crippen molar-refractivity contribution in [2.24, 2.45) is 5.73 Å². The van der Waals surface area contributed by atoms with E-state index in [2.05, 4.69) is 36.9 Å². The SMILES string of the molecule is Cc1ccc(CN2CCCCCC2CN)cc1C. The van der Waals surface area contributed by atoms with Gasteiger partial charge in [0.25, 0.3) is 0 Å². The molecule has 1 saturated heterocycles. The van der Waals surface area contributed by atoms with Gasteiger partial charge in [-0.3, -0.25) is 4.90 Å². The van der Waals surface area contributed by atoms with Gasteiger partial charge in [-0.2, -0.15) is 0 Å². The molecule has 100 valence electrons. The van der Waals surface area contributed by atoms with Crippen LogP contribution in [-0.2, 0) is 6.54 Å². The van der Waals surface area contributed by atoms with Crippen LogP contribution in [0.5, 0.6) is 0 Å². The Kier molecular flexibility index (Phi) is 4.79. The number of hydrogen-bond donors (Lipinski definition) is 1. The van der Waals surface area contributed by atoms with Crippen LogP contribution in [-0.4, -0.2) is 24.0 Å². The van der Waals surface area contributed by atoms with Crippen LogP contribution in [0.3, 0.4) is 0 Å². The van der Waals surface area contributed by atoms with Crippen molar-refractivity contribution >= 4 is 0 Å². The first-order valence-corrected chi connectivity index (χ1v) is 7.21. The molecule has 2 nitrogen and oxygen atoms in total. The Balaban J connectivity index is 2.07. The maximum absolute atomic E-state index is 5.93. The van der Waals surface area contributed by atoms with Gasteiger partial charge in [0.2, 0.25) is 0 Å². The van der Waals surface area contributed by atoms with Gasteiger partial charge >= 0.3 is 0 Å². The lowest BCUT2D eigenvalue weighted by Gasteiger charge is -2.29. The second-order valence-electron chi connectivity index (χ2n) is 5.63. The smallest absolute Gasteiger partial charge is 0.0237 e. The van der Waals surface area contributed by atoms with E-state index < -0.39 is 0 Å². The van der Waals surface area contributed by atoms with Crippen molar-refractivity contribution in [3.63, 3.8) is 0 Å². The summed E-state index contributed by atoms with van der Waals surface area (Å²) in [4.78, 5) is 2.58. The number of benzene rings is 1. The number of aryl methyl sites for hydroxylation is 2. The van der Waals surface area contributed by atoms with Crippen LogP contribution in [0, 0.1) is 13.8 Å². The van der Waals surface area contributed by atoms with E-state index in [1.165, 1.54) is 48.9 Å². The molecule has 1 atom stereocenters. The topological polar surface area (TPSA) is 29.3 Å². The fourth-order valence-electron chi connectivity index (χ4n) is 2.85. The number of nitrogens with two attached hydrogens (primary N) is 1. The predicted octanol–water partition coefficient (Wildman–Crippen LogP) is 3.01. The molecule has 18 heavy (non-hydrogen) atoms. The number of rotatable bonds is 3. The molecule has 0 saturated carbocycles. The minimum absolute atomic E-state index is 0.578. The normalized spacial score (nSPS) is 21.8. The summed E-state index contributed by atoms with van der Waals surface area (Å²) in [7, 11) is 0. The molecule has 0 spiro atoms. The van der Waals surface area contributed by atoms with E-state index in [9.17, 15) is 0 Å². The highest BCUT2D eigenvalue weighted by Crippen LogP contribution is 2.19. The Hall–Kier alpha value is -0.860. The third-order valence-corrected chi connectivity index (χ3v) is 4.23. The zero-order chi connectivity index (χ0) is 13.0. The van der Waals surface area contributed by atoms with Crippen LogP contribution >= 0.6 is 0 Å². The van der Waals surface area contributed by atoms with E-state index in [1.807, 2.05) is 0 Å². The lowest BCUT2D eigenvalue weighted by Crippen LogP contribution is -2.39. The van der Waals surface area contributed by atoms with E-state index in [4.69, 9.17) is 5.73 Å². The second-order valence-corrected chi connectivity index (χ2v) is 5.63. The predicted molar refractivity (Wildman–Crippen MR) is 77.6 cm³/mol. The van der Waals surface area contributed by atoms with E-state index in [0.717, 1.165) is 13.1 Å². The Morgan fingerprint density at radius 3 is 2.72 bits per heavy atom. The maximum atomic E-state index is 5.93. The molecule has 0 aromatic heterocycles. The van der Waals surface area contributed by atoms with Crippen LogP contribution in [0.4, 0.5) is 0 Å². The molecule has 0 radical (unpaired) electrons. The third kappa shape index (κ3) is 3.33. The van der Waals surface area contributed by atoms with Gasteiger partial charge in [0.1, 0.15) is 0 Å². The Morgan fingerprint density at radius 2 is 2.00 bits per heavy atom. The molecule has 1 fully saturated rings. The summed E-state index contributed by atoms with van der Waals surface area (Å²) < 4.78 is 0. The van der Waals surface area contributed by atoms with Crippen molar-refractivity contribution in [1.29, 1.82) is 0 Å². The summed E-state index contributed by atoms with van der Waals surface area (Å²) in [6, 6.07) is 7.41. The van der Waals surface area contributed by atoms with E-state index in [-0.39, 0.29) is 0 Å². The monoisotopic (exact) mass is 246 g/mol. The van der Waals surface area contributed by atoms with Gasteiger partial charge < -0.3 is 5.73 Å². The van der Waals surface area contributed by atoms with Crippen LogP contribution in [0.25, 0.3) is 0 Å². The van der Waals surface area contributed by atoms with Crippen molar-refractivity contribution in [3.05, 3.63) is 34.9 Å². The van der Waals surface area contributed by atoms with Crippen LogP contribution in [0.1, 0.15) is 42.4 Å². The van der Waals surface area contributed by atoms with Gasteiger partial charge in [0, 0.05) is 19.1 Å². The summed E-state index contributed by atoms with van der Waals surface area (Å²) >= 11 is 0. The molecular formula is C16H26N2. The molecule has 1 aliphatic heterocycles. The molecule has 1 heterocycles. The summed E-state index contributed by atoms with van der Waals surface area (Å²) in [5.74, 6) is 0. The fourth-order valence-corrected chi connectivity index (χ4v) is 2.85. The molecule has 2 rings (SSSR count).